The SMILES string of the molecule is Cc1cccc([C@H](O)c2ccc(C)cc2C)c1. The molecule has 0 unspecified atom stereocenters. The first-order valence-electron chi connectivity index (χ1n) is 5.89. The van der Waals surface area contributed by atoms with Crippen molar-refractivity contribution in [1.29, 1.82) is 0 Å². The summed E-state index contributed by atoms with van der Waals surface area (Å²) in [7, 11) is 0. The van der Waals surface area contributed by atoms with Gasteiger partial charge in [-0.25, -0.2) is 0 Å². The van der Waals surface area contributed by atoms with E-state index in [1.807, 2.05) is 50.2 Å². The Balaban J connectivity index is 2.40. The van der Waals surface area contributed by atoms with Crippen LogP contribution in [0.3, 0.4) is 0 Å². The molecule has 0 aliphatic carbocycles. The molecule has 0 saturated carbocycles. The second kappa shape index (κ2) is 4.72. The van der Waals surface area contributed by atoms with Crippen molar-refractivity contribution in [2.75, 3.05) is 0 Å². The van der Waals surface area contributed by atoms with Crippen molar-refractivity contribution in [3.63, 3.8) is 0 Å². The lowest BCUT2D eigenvalue weighted by atomic mass is 9.95. The van der Waals surface area contributed by atoms with Crippen molar-refractivity contribution < 1.29 is 5.11 Å². The van der Waals surface area contributed by atoms with Crippen molar-refractivity contribution in [2.45, 2.75) is 26.9 Å². The quantitative estimate of drug-likeness (QED) is 0.828. The Morgan fingerprint density at radius 1 is 0.882 bits per heavy atom. The van der Waals surface area contributed by atoms with Crippen molar-refractivity contribution in [3.8, 4) is 0 Å². The van der Waals surface area contributed by atoms with Crippen LogP contribution < -0.4 is 0 Å². The summed E-state index contributed by atoms with van der Waals surface area (Å²) in [4.78, 5) is 0. The zero-order chi connectivity index (χ0) is 12.4. The fourth-order valence-corrected chi connectivity index (χ4v) is 2.15. The molecule has 0 aliphatic rings. The molecule has 0 spiro atoms. The summed E-state index contributed by atoms with van der Waals surface area (Å²) in [5.74, 6) is 0. The van der Waals surface area contributed by atoms with Crippen LogP contribution in [-0.2, 0) is 0 Å². The van der Waals surface area contributed by atoms with Crippen LogP contribution >= 0.6 is 0 Å². The van der Waals surface area contributed by atoms with Gasteiger partial charge < -0.3 is 5.11 Å². The molecule has 17 heavy (non-hydrogen) atoms. The largest absolute Gasteiger partial charge is 0.384 e. The van der Waals surface area contributed by atoms with Crippen molar-refractivity contribution in [2.24, 2.45) is 0 Å². The number of aliphatic hydroxyl groups excluding tert-OH is 1. The van der Waals surface area contributed by atoms with E-state index in [9.17, 15) is 5.11 Å². The first kappa shape index (κ1) is 11.9. The maximum atomic E-state index is 10.4. The number of aryl methyl sites for hydroxylation is 3. The molecule has 1 N–H and O–H groups in total. The molecule has 0 saturated heterocycles. The zero-order valence-electron chi connectivity index (χ0n) is 10.6. The van der Waals surface area contributed by atoms with Crippen LogP contribution in [0, 0.1) is 20.8 Å². The van der Waals surface area contributed by atoms with Crippen LogP contribution in [0.2, 0.25) is 0 Å². The number of benzene rings is 2. The topological polar surface area (TPSA) is 20.2 Å². The summed E-state index contributed by atoms with van der Waals surface area (Å²) in [5, 5.41) is 10.4. The maximum Gasteiger partial charge on any atom is 0.104 e. The van der Waals surface area contributed by atoms with Gasteiger partial charge in [0.1, 0.15) is 6.10 Å². The number of hydrogen-bond donors (Lipinski definition) is 1. The lowest BCUT2D eigenvalue weighted by Crippen LogP contribution is -2.02. The van der Waals surface area contributed by atoms with Crippen molar-refractivity contribution >= 4 is 0 Å². The minimum atomic E-state index is -0.532. The predicted molar refractivity (Wildman–Crippen MR) is 71.2 cm³/mol. The Hall–Kier alpha value is -1.60. The highest BCUT2D eigenvalue weighted by Gasteiger charge is 2.12. The van der Waals surface area contributed by atoms with Gasteiger partial charge >= 0.3 is 0 Å². The van der Waals surface area contributed by atoms with Gasteiger partial charge in [0.15, 0.2) is 0 Å². The summed E-state index contributed by atoms with van der Waals surface area (Å²) in [6.45, 7) is 6.15. The molecule has 2 aromatic carbocycles. The molecular weight excluding hydrogens is 208 g/mol. The molecule has 0 heterocycles. The summed E-state index contributed by atoms with van der Waals surface area (Å²) >= 11 is 0. The third-order valence-electron chi connectivity index (χ3n) is 3.08. The Morgan fingerprint density at radius 2 is 1.59 bits per heavy atom. The predicted octanol–water partition coefficient (Wildman–Crippen LogP) is 3.69. The van der Waals surface area contributed by atoms with E-state index in [0.717, 1.165) is 16.7 Å². The highest BCUT2D eigenvalue weighted by atomic mass is 16.3. The van der Waals surface area contributed by atoms with Crippen molar-refractivity contribution in [3.05, 3.63) is 70.3 Å². The van der Waals surface area contributed by atoms with Gasteiger partial charge in [0, 0.05) is 0 Å². The van der Waals surface area contributed by atoms with Gasteiger partial charge in [0.25, 0.3) is 0 Å². The summed E-state index contributed by atoms with van der Waals surface area (Å²) in [6.07, 6.45) is -0.532. The van der Waals surface area contributed by atoms with Crippen LogP contribution in [0.5, 0.6) is 0 Å². The number of hydrogen-bond acceptors (Lipinski definition) is 1. The third-order valence-corrected chi connectivity index (χ3v) is 3.08. The molecule has 0 fully saturated rings. The van der Waals surface area contributed by atoms with E-state index in [1.165, 1.54) is 11.1 Å². The number of aliphatic hydroxyl groups is 1. The highest BCUT2D eigenvalue weighted by molar-refractivity contribution is 5.38. The minimum absolute atomic E-state index is 0.532. The van der Waals surface area contributed by atoms with Gasteiger partial charge in [-0.3, -0.25) is 0 Å². The average molecular weight is 226 g/mol. The first-order chi connectivity index (χ1) is 8.08. The Labute approximate surface area is 103 Å². The van der Waals surface area contributed by atoms with E-state index < -0.39 is 6.10 Å². The molecule has 1 nitrogen and oxygen atoms in total. The zero-order valence-corrected chi connectivity index (χ0v) is 10.6. The summed E-state index contributed by atoms with van der Waals surface area (Å²) in [6, 6.07) is 14.2. The first-order valence-corrected chi connectivity index (χ1v) is 5.89. The fraction of sp³-hybridized carbons (Fsp3) is 0.250. The lowest BCUT2D eigenvalue weighted by Gasteiger charge is -2.15. The molecule has 0 amide bonds. The van der Waals surface area contributed by atoms with Gasteiger partial charge in [0.2, 0.25) is 0 Å². The molecule has 1 heteroatoms. The van der Waals surface area contributed by atoms with E-state index in [2.05, 4.69) is 13.0 Å². The van der Waals surface area contributed by atoms with Crippen molar-refractivity contribution in [1.82, 2.24) is 0 Å². The third kappa shape index (κ3) is 2.56. The van der Waals surface area contributed by atoms with Crippen LogP contribution in [0.15, 0.2) is 42.5 Å². The lowest BCUT2D eigenvalue weighted by molar-refractivity contribution is 0.219. The maximum absolute atomic E-state index is 10.4. The van der Waals surface area contributed by atoms with Gasteiger partial charge in [-0.05, 0) is 37.5 Å². The fourth-order valence-electron chi connectivity index (χ4n) is 2.15. The molecule has 0 radical (unpaired) electrons. The van der Waals surface area contributed by atoms with Crippen LogP contribution in [-0.4, -0.2) is 5.11 Å². The van der Waals surface area contributed by atoms with Crippen LogP contribution in [0.1, 0.15) is 33.9 Å². The monoisotopic (exact) mass is 226 g/mol. The van der Waals surface area contributed by atoms with Crippen LogP contribution in [0.4, 0.5) is 0 Å². The molecule has 0 aromatic heterocycles. The molecule has 1 atom stereocenters. The van der Waals surface area contributed by atoms with Gasteiger partial charge in [-0.2, -0.15) is 0 Å². The molecule has 2 aromatic rings. The summed E-state index contributed by atoms with van der Waals surface area (Å²) < 4.78 is 0. The Bertz CT molecular complexity index is 529. The normalized spacial score (nSPS) is 12.5. The van der Waals surface area contributed by atoms with E-state index in [4.69, 9.17) is 0 Å². The molecule has 0 bridgehead atoms. The molecule has 0 aliphatic heterocycles. The summed E-state index contributed by atoms with van der Waals surface area (Å²) in [5.41, 5.74) is 5.48. The molecular formula is C16H18O. The average Bonchev–Trinajstić information content (AvgIpc) is 2.28. The highest BCUT2D eigenvalue weighted by Crippen LogP contribution is 2.25. The second-order valence-electron chi connectivity index (χ2n) is 4.68. The second-order valence-corrected chi connectivity index (χ2v) is 4.68. The van der Waals surface area contributed by atoms with E-state index in [0.29, 0.717) is 0 Å². The standard InChI is InChI=1S/C16H18O/c1-11-5-4-6-14(10-11)16(17)15-8-7-12(2)9-13(15)3/h4-10,16-17H,1-3H3/t16-/m0/s1. The molecule has 88 valence electrons. The Kier molecular flexibility index (Phi) is 3.30. The van der Waals surface area contributed by atoms with E-state index in [-0.39, 0.29) is 0 Å². The minimum Gasteiger partial charge on any atom is -0.384 e. The molecule has 2 rings (SSSR count). The van der Waals surface area contributed by atoms with E-state index >= 15 is 0 Å². The Morgan fingerprint density at radius 3 is 2.24 bits per heavy atom. The number of rotatable bonds is 2. The van der Waals surface area contributed by atoms with Gasteiger partial charge in [-0.1, -0.05) is 53.6 Å². The van der Waals surface area contributed by atoms with Gasteiger partial charge in [-0.15, -0.1) is 0 Å². The van der Waals surface area contributed by atoms with Crippen LogP contribution in [0.25, 0.3) is 0 Å². The smallest absolute Gasteiger partial charge is 0.104 e. The van der Waals surface area contributed by atoms with Gasteiger partial charge in [0.05, 0.1) is 0 Å². The van der Waals surface area contributed by atoms with E-state index in [1.54, 1.807) is 0 Å².